The molecule has 1 saturated carbocycles. The molecule has 1 amide bonds. The zero-order valence-electron chi connectivity index (χ0n) is 14.6. The first-order valence-electron chi connectivity index (χ1n) is 7.91. The number of nitrogens with one attached hydrogen (secondary N) is 1. The highest BCUT2D eigenvalue weighted by Crippen LogP contribution is 2.34. The molecule has 6 nitrogen and oxygen atoms in total. The number of alkyl halides is 3. The third kappa shape index (κ3) is 6.75. The molecular formula is C15H24F3NO5S. The lowest BCUT2D eigenvalue weighted by Crippen LogP contribution is -2.41. The first-order chi connectivity index (χ1) is 11.2. The van der Waals surface area contributed by atoms with Crippen molar-refractivity contribution < 1.29 is 35.3 Å². The predicted molar refractivity (Wildman–Crippen MR) is 84.9 cm³/mol. The molecule has 0 aromatic heterocycles. The summed E-state index contributed by atoms with van der Waals surface area (Å²) >= 11 is 0. The number of hydrogen-bond acceptors (Lipinski definition) is 5. The highest BCUT2D eigenvalue weighted by Gasteiger charge is 2.49. The Hall–Kier alpha value is -1.45. The number of alkyl carbamates (subject to hydrolysis) is 1. The minimum atomic E-state index is -5.67. The van der Waals surface area contributed by atoms with Gasteiger partial charge in [-0.2, -0.15) is 21.6 Å². The zero-order valence-corrected chi connectivity index (χ0v) is 15.5. The van der Waals surface area contributed by atoms with E-state index in [1.54, 1.807) is 20.8 Å². The third-order valence-corrected chi connectivity index (χ3v) is 4.60. The van der Waals surface area contributed by atoms with Gasteiger partial charge in [-0.3, -0.25) is 0 Å². The van der Waals surface area contributed by atoms with E-state index in [4.69, 9.17) is 4.74 Å². The average molecular weight is 387 g/mol. The summed E-state index contributed by atoms with van der Waals surface area (Å²) < 4.78 is 69.0. The molecule has 1 aliphatic rings. The van der Waals surface area contributed by atoms with E-state index in [9.17, 15) is 26.4 Å². The van der Waals surface area contributed by atoms with E-state index in [-0.39, 0.29) is 11.8 Å². The maximum atomic E-state index is 12.4. The Balaban J connectivity index is 2.59. The zero-order chi connectivity index (χ0) is 19.5. The van der Waals surface area contributed by atoms with Crippen molar-refractivity contribution in [1.82, 2.24) is 5.32 Å². The largest absolute Gasteiger partial charge is 0.534 e. The van der Waals surface area contributed by atoms with E-state index in [0.717, 1.165) is 0 Å². The second-order valence-corrected chi connectivity index (χ2v) is 8.41. The van der Waals surface area contributed by atoms with Crippen LogP contribution in [-0.4, -0.2) is 31.7 Å². The van der Waals surface area contributed by atoms with Gasteiger partial charge < -0.3 is 14.2 Å². The Morgan fingerprint density at radius 3 is 2.04 bits per heavy atom. The molecule has 0 radical (unpaired) electrons. The van der Waals surface area contributed by atoms with Crippen molar-refractivity contribution in [2.45, 2.75) is 70.5 Å². The summed E-state index contributed by atoms with van der Waals surface area (Å²) in [7, 11) is -5.67. The average Bonchev–Trinajstić information content (AvgIpc) is 2.42. The molecule has 0 aromatic rings. The highest BCUT2D eigenvalue weighted by atomic mass is 32.2. The molecule has 0 spiro atoms. The van der Waals surface area contributed by atoms with Gasteiger partial charge in [0.05, 0.1) is 0 Å². The lowest BCUT2D eigenvalue weighted by atomic mass is 9.85. The number of amides is 1. The Bertz CT molecular complexity index is 600. The monoisotopic (exact) mass is 387 g/mol. The van der Waals surface area contributed by atoms with Gasteiger partial charge in [-0.05, 0) is 59.5 Å². The molecule has 0 aromatic carbocycles. The maximum absolute atomic E-state index is 12.4. The van der Waals surface area contributed by atoms with Crippen molar-refractivity contribution in [3.63, 3.8) is 0 Å². The molecule has 0 aliphatic heterocycles. The normalized spacial score (nSPS) is 23.1. The Morgan fingerprint density at radius 2 is 1.64 bits per heavy atom. The number of allylic oxidation sites excluding steroid dienone is 2. The van der Waals surface area contributed by atoms with Crippen molar-refractivity contribution >= 4 is 16.2 Å². The van der Waals surface area contributed by atoms with Gasteiger partial charge in [0.2, 0.25) is 0 Å². The Morgan fingerprint density at radius 1 is 1.12 bits per heavy atom. The van der Waals surface area contributed by atoms with E-state index in [2.05, 4.69) is 9.50 Å². The summed E-state index contributed by atoms with van der Waals surface area (Å²) in [6.07, 6.45) is 2.43. The van der Waals surface area contributed by atoms with Gasteiger partial charge >= 0.3 is 21.7 Å². The molecule has 0 saturated heterocycles. The summed E-state index contributed by atoms with van der Waals surface area (Å²) in [6.45, 7) is 6.63. The Labute approximate surface area is 145 Å². The van der Waals surface area contributed by atoms with Gasteiger partial charge in [0, 0.05) is 12.0 Å². The maximum Gasteiger partial charge on any atom is 0.534 e. The van der Waals surface area contributed by atoms with Crippen LogP contribution in [0.15, 0.2) is 11.8 Å². The molecule has 1 N–H and O–H groups in total. The summed E-state index contributed by atoms with van der Waals surface area (Å²) in [4.78, 5) is 11.7. The lowest BCUT2D eigenvalue weighted by molar-refractivity contribution is -0.0528. The predicted octanol–water partition coefficient (Wildman–Crippen LogP) is 3.84. The fraction of sp³-hybridized carbons (Fsp3) is 0.800. The van der Waals surface area contributed by atoms with Crippen LogP contribution in [0.4, 0.5) is 18.0 Å². The molecule has 0 bridgehead atoms. The van der Waals surface area contributed by atoms with E-state index in [0.29, 0.717) is 25.7 Å². The number of rotatable bonds is 4. The molecule has 0 heterocycles. The van der Waals surface area contributed by atoms with Gasteiger partial charge in [-0.1, -0.05) is 0 Å². The Kier molecular flexibility index (Phi) is 6.77. The number of hydrogen-bond donors (Lipinski definition) is 1. The van der Waals surface area contributed by atoms with Gasteiger partial charge in [0.15, 0.2) is 0 Å². The first kappa shape index (κ1) is 21.6. The molecule has 10 heteroatoms. The van der Waals surface area contributed by atoms with Gasteiger partial charge in [0.1, 0.15) is 11.4 Å². The molecule has 1 fully saturated rings. The van der Waals surface area contributed by atoms with E-state index in [1.807, 2.05) is 0 Å². The standard InChI is InChI=1S/C15H24F3NO5S/c1-5-12(24-25(21,22)15(16,17)18)10-6-8-11(9-7-10)19-13(20)23-14(2,3)4/h5,10-11H,6-9H2,1-4H3,(H,19,20)/b12-5+. The van der Waals surface area contributed by atoms with Crippen LogP contribution in [0.5, 0.6) is 0 Å². The smallest absolute Gasteiger partial charge is 0.444 e. The van der Waals surface area contributed by atoms with Crippen molar-refractivity contribution in [3.8, 4) is 0 Å². The van der Waals surface area contributed by atoms with Crippen LogP contribution >= 0.6 is 0 Å². The van der Waals surface area contributed by atoms with Crippen molar-refractivity contribution in [1.29, 1.82) is 0 Å². The topological polar surface area (TPSA) is 81.7 Å². The minimum absolute atomic E-state index is 0.177. The van der Waals surface area contributed by atoms with Gasteiger partial charge in [-0.15, -0.1) is 0 Å². The van der Waals surface area contributed by atoms with E-state index >= 15 is 0 Å². The van der Waals surface area contributed by atoms with Crippen molar-refractivity contribution in [3.05, 3.63) is 11.8 Å². The number of carbonyl (C=O) groups is 1. The minimum Gasteiger partial charge on any atom is -0.444 e. The molecule has 146 valence electrons. The molecule has 1 rings (SSSR count). The molecule has 25 heavy (non-hydrogen) atoms. The van der Waals surface area contributed by atoms with Crippen LogP contribution in [0.2, 0.25) is 0 Å². The first-order valence-corrected chi connectivity index (χ1v) is 9.32. The van der Waals surface area contributed by atoms with Crippen molar-refractivity contribution in [2.24, 2.45) is 5.92 Å². The van der Waals surface area contributed by atoms with Gasteiger partial charge in [-0.25, -0.2) is 4.79 Å². The molecule has 0 atom stereocenters. The number of ether oxygens (including phenoxy) is 1. The number of carbonyl (C=O) groups excluding carboxylic acids is 1. The molecule has 1 aliphatic carbocycles. The summed E-state index contributed by atoms with van der Waals surface area (Å²) in [5.74, 6) is -0.660. The fourth-order valence-corrected chi connectivity index (χ4v) is 3.10. The van der Waals surface area contributed by atoms with Crippen LogP contribution < -0.4 is 5.32 Å². The lowest BCUT2D eigenvalue weighted by Gasteiger charge is -2.30. The van der Waals surface area contributed by atoms with Gasteiger partial charge in [0.25, 0.3) is 0 Å². The van der Waals surface area contributed by atoms with Crippen LogP contribution in [0, 0.1) is 5.92 Å². The second kappa shape index (κ2) is 7.84. The molecular weight excluding hydrogens is 363 g/mol. The quantitative estimate of drug-likeness (QED) is 0.450. The summed E-state index contributed by atoms with van der Waals surface area (Å²) in [6, 6.07) is -0.177. The highest BCUT2D eigenvalue weighted by molar-refractivity contribution is 7.87. The van der Waals surface area contributed by atoms with E-state index in [1.165, 1.54) is 13.0 Å². The van der Waals surface area contributed by atoms with Crippen LogP contribution in [-0.2, 0) is 19.0 Å². The summed E-state index contributed by atoms with van der Waals surface area (Å²) in [5, 5.41) is 2.71. The SMILES string of the molecule is C/C=C(/OS(=O)(=O)C(F)(F)F)C1CCC(NC(=O)OC(C)(C)C)CC1. The third-order valence-electron chi connectivity index (χ3n) is 3.62. The molecule has 0 unspecified atom stereocenters. The van der Waals surface area contributed by atoms with Crippen LogP contribution in [0.1, 0.15) is 53.4 Å². The van der Waals surface area contributed by atoms with Crippen molar-refractivity contribution in [2.75, 3.05) is 0 Å². The van der Waals surface area contributed by atoms with Crippen LogP contribution in [0.3, 0.4) is 0 Å². The number of halogens is 3. The second-order valence-electron chi connectivity index (χ2n) is 6.87. The van der Waals surface area contributed by atoms with Crippen LogP contribution in [0.25, 0.3) is 0 Å². The summed E-state index contributed by atoms with van der Waals surface area (Å²) in [5.41, 5.74) is -6.09. The van der Waals surface area contributed by atoms with E-state index < -0.39 is 33.2 Å². The fourth-order valence-electron chi connectivity index (χ4n) is 2.52.